The van der Waals surface area contributed by atoms with Crippen molar-refractivity contribution in [3.63, 3.8) is 0 Å². The lowest BCUT2D eigenvalue weighted by molar-refractivity contribution is 0.895. The highest BCUT2D eigenvalue weighted by molar-refractivity contribution is 4.75. The maximum absolute atomic E-state index is 6.73. The summed E-state index contributed by atoms with van der Waals surface area (Å²) in [5, 5.41) is 7.01. The van der Waals surface area contributed by atoms with E-state index >= 15 is 0 Å². The molecule has 7 heavy (non-hydrogen) atoms. The molecule has 37 valence electrons. The van der Waals surface area contributed by atoms with Gasteiger partial charge in [0.05, 0.1) is 6.54 Å². The molecule has 0 atom stereocenters. The van der Waals surface area contributed by atoms with Crippen molar-refractivity contribution >= 4 is 0 Å². The zero-order valence-electron chi connectivity index (χ0n) is 3.68. The molecule has 0 amide bonds. The van der Waals surface area contributed by atoms with Gasteiger partial charge in [-0.2, -0.15) is 0 Å². The predicted molar refractivity (Wildman–Crippen MR) is 23.2 cm³/mol. The lowest BCUT2D eigenvalue weighted by Crippen LogP contribution is -1.85. The van der Waals surface area contributed by atoms with Crippen LogP contribution in [0.25, 0.3) is 0 Å². The van der Waals surface area contributed by atoms with E-state index in [1.165, 1.54) is 6.33 Å². The summed E-state index contributed by atoms with van der Waals surface area (Å²) in [7, 11) is 0. The van der Waals surface area contributed by atoms with E-state index in [0.717, 1.165) is 0 Å². The molecule has 0 fully saturated rings. The molecular weight excluding hydrogens is 92.1 g/mol. The van der Waals surface area contributed by atoms with Gasteiger partial charge in [0.1, 0.15) is 12.2 Å². The first-order valence-electron chi connectivity index (χ1n) is 1.93. The third-order valence-corrected chi connectivity index (χ3v) is 0.635. The van der Waals surface area contributed by atoms with Crippen LogP contribution >= 0.6 is 0 Å². The van der Waals surface area contributed by atoms with E-state index in [2.05, 4.69) is 15.2 Å². The fourth-order valence-corrected chi connectivity index (χ4v) is 0.317. The van der Waals surface area contributed by atoms with E-state index in [9.17, 15) is 0 Å². The Labute approximate surface area is 40.8 Å². The molecule has 1 heterocycles. The Morgan fingerprint density at radius 3 is 3.00 bits per heavy atom. The summed E-state index contributed by atoms with van der Waals surface area (Å²) >= 11 is 0. The standard InChI is InChI=1S/C3H5N4/c4-1-3-5-2-6-7-3/h2,4H,1H2,(H,5,6,7). The summed E-state index contributed by atoms with van der Waals surface area (Å²) in [4.78, 5) is 2.68. The number of aromatic amines is 1. The van der Waals surface area contributed by atoms with Crippen molar-refractivity contribution in [3.05, 3.63) is 12.2 Å². The average Bonchev–Trinajstić information content (AvgIpc) is 2.14. The molecule has 0 aliphatic rings. The minimum atomic E-state index is 0.181. The fraction of sp³-hybridized carbons (Fsp3) is 0.333. The summed E-state index contributed by atoms with van der Waals surface area (Å²) < 4.78 is 0. The van der Waals surface area contributed by atoms with Gasteiger partial charge in [-0.3, -0.25) is 0 Å². The lowest BCUT2D eigenvalue weighted by atomic mass is 10.6. The molecule has 4 heteroatoms. The highest BCUT2D eigenvalue weighted by atomic mass is 15.2. The zero-order valence-corrected chi connectivity index (χ0v) is 3.68. The number of H-pyrrole nitrogens is 1. The zero-order chi connectivity index (χ0) is 5.11. The van der Waals surface area contributed by atoms with Crippen molar-refractivity contribution in [3.8, 4) is 0 Å². The van der Waals surface area contributed by atoms with Crippen molar-refractivity contribution in [1.29, 1.82) is 0 Å². The highest BCUT2D eigenvalue weighted by Crippen LogP contribution is 1.78. The van der Waals surface area contributed by atoms with Crippen molar-refractivity contribution in [1.82, 2.24) is 20.9 Å². The van der Waals surface area contributed by atoms with Crippen LogP contribution in [0.2, 0.25) is 0 Å². The topological polar surface area (TPSA) is 65.4 Å². The van der Waals surface area contributed by atoms with Gasteiger partial charge in [-0.05, 0) is 0 Å². The number of aromatic nitrogens is 3. The summed E-state index contributed by atoms with van der Waals surface area (Å²) in [6.45, 7) is 0.181. The molecule has 4 nitrogen and oxygen atoms in total. The van der Waals surface area contributed by atoms with Crippen molar-refractivity contribution < 1.29 is 0 Å². The first-order chi connectivity index (χ1) is 3.43. The molecule has 0 bridgehead atoms. The van der Waals surface area contributed by atoms with Crippen LogP contribution in [0.3, 0.4) is 0 Å². The number of hydrogen-bond donors (Lipinski definition) is 1. The molecule has 1 radical (unpaired) electrons. The van der Waals surface area contributed by atoms with Crippen LogP contribution in [0.15, 0.2) is 6.33 Å². The van der Waals surface area contributed by atoms with Crippen LogP contribution < -0.4 is 5.73 Å². The number of rotatable bonds is 1. The second-order valence-electron chi connectivity index (χ2n) is 1.11. The van der Waals surface area contributed by atoms with E-state index in [1.807, 2.05) is 0 Å². The monoisotopic (exact) mass is 97.1 g/mol. The van der Waals surface area contributed by atoms with Crippen molar-refractivity contribution in [2.75, 3.05) is 0 Å². The quantitative estimate of drug-likeness (QED) is 0.517. The average molecular weight is 97.1 g/mol. The van der Waals surface area contributed by atoms with Gasteiger partial charge in [0.15, 0.2) is 0 Å². The normalized spacial score (nSPS) is 9.29. The summed E-state index contributed by atoms with van der Waals surface area (Å²) in [6.07, 6.45) is 1.46. The molecule has 0 unspecified atom stereocenters. The SMILES string of the molecule is [NH]Cc1nnc[nH]1. The molecule has 0 aromatic carbocycles. The van der Waals surface area contributed by atoms with Gasteiger partial charge in [0.25, 0.3) is 0 Å². The second-order valence-corrected chi connectivity index (χ2v) is 1.11. The van der Waals surface area contributed by atoms with E-state index in [4.69, 9.17) is 5.73 Å². The van der Waals surface area contributed by atoms with E-state index < -0.39 is 0 Å². The van der Waals surface area contributed by atoms with Crippen LogP contribution in [0.4, 0.5) is 0 Å². The maximum Gasteiger partial charge on any atom is 0.145 e. The van der Waals surface area contributed by atoms with Gasteiger partial charge in [0, 0.05) is 0 Å². The molecule has 0 saturated carbocycles. The Kier molecular flexibility index (Phi) is 1.04. The Bertz CT molecular complexity index is 121. The van der Waals surface area contributed by atoms with E-state index in [-0.39, 0.29) is 6.54 Å². The maximum atomic E-state index is 6.73. The second kappa shape index (κ2) is 1.70. The van der Waals surface area contributed by atoms with Crippen molar-refractivity contribution in [2.24, 2.45) is 0 Å². The van der Waals surface area contributed by atoms with Gasteiger partial charge in [0.2, 0.25) is 0 Å². The Morgan fingerprint density at radius 2 is 2.71 bits per heavy atom. The first kappa shape index (κ1) is 4.26. The molecular formula is C3H5N4. The highest BCUT2D eigenvalue weighted by Gasteiger charge is 1.85. The number of nitrogens with one attached hydrogen (secondary N) is 2. The third-order valence-electron chi connectivity index (χ3n) is 0.635. The molecule has 1 aromatic rings. The first-order valence-corrected chi connectivity index (χ1v) is 1.93. The minimum absolute atomic E-state index is 0.181. The molecule has 1 rings (SSSR count). The van der Waals surface area contributed by atoms with Gasteiger partial charge >= 0.3 is 0 Å². The largest absolute Gasteiger partial charge is 0.330 e. The number of nitrogens with zero attached hydrogens (tertiary/aromatic N) is 2. The van der Waals surface area contributed by atoms with Crippen molar-refractivity contribution in [2.45, 2.75) is 6.54 Å². The molecule has 0 saturated heterocycles. The number of hydrogen-bond acceptors (Lipinski definition) is 2. The van der Waals surface area contributed by atoms with Crippen LogP contribution in [-0.4, -0.2) is 15.2 Å². The van der Waals surface area contributed by atoms with Gasteiger partial charge < -0.3 is 4.98 Å². The van der Waals surface area contributed by atoms with Gasteiger partial charge in [-0.25, -0.2) is 5.73 Å². The Balaban J connectivity index is 2.76. The summed E-state index contributed by atoms with van der Waals surface area (Å²) in [5.74, 6) is 0.611. The summed E-state index contributed by atoms with van der Waals surface area (Å²) in [6, 6.07) is 0. The van der Waals surface area contributed by atoms with Gasteiger partial charge in [-0.15, -0.1) is 10.2 Å². The van der Waals surface area contributed by atoms with Crippen LogP contribution in [0.1, 0.15) is 5.82 Å². The Morgan fingerprint density at radius 1 is 1.86 bits per heavy atom. The Hall–Kier alpha value is -0.900. The molecule has 2 N–H and O–H groups in total. The van der Waals surface area contributed by atoms with E-state index in [1.54, 1.807) is 0 Å². The molecule has 0 aliphatic carbocycles. The lowest BCUT2D eigenvalue weighted by Gasteiger charge is -1.76. The fourth-order valence-electron chi connectivity index (χ4n) is 0.317. The summed E-state index contributed by atoms with van der Waals surface area (Å²) in [5.41, 5.74) is 6.73. The van der Waals surface area contributed by atoms with Crippen LogP contribution in [0.5, 0.6) is 0 Å². The van der Waals surface area contributed by atoms with E-state index in [0.29, 0.717) is 5.82 Å². The molecule has 1 aromatic heterocycles. The predicted octanol–water partition coefficient (Wildman–Crippen LogP) is -0.412. The van der Waals surface area contributed by atoms with Crippen LogP contribution in [0, 0.1) is 0 Å². The molecule has 0 spiro atoms. The smallest absolute Gasteiger partial charge is 0.145 e. The van der Waals surface area contributed by atoms with Gasteiger partial charge in [-0.1, -0.05) is 0 Å². The van der Waals surface area contributed by atoms with Crippen LogP contribution in [-0.2, 0) is 6.54 Å². The third kappa shape index (κ3) is 0.747. The molecule has 0 aliphatic heterocycles. The minimum Gasteiger partial charge on any atom is -0.330 e.